The van der Waals surface area contributed by atoms with Gasteiger partial charge in [-0.2, -0.15) is 10.2 Å². The van der Waals surface area contributed by atoms with Crippen molar-refractivity contribution >= 4 is 22.2 Å². The van der Waals surface area contributed by atoms with Crippen molar-refractivity contribution in [1.82, 2.24) is 20.0 Å². The number of thiophene rings is 1. The van der Waals surface area contributed by atoms with Crippen molar-refractivity contribution in [2.75, 3.05) is 37.4 Å². The van der Waals surface area contributed by atoms with Crippen molar-refractivity contribution in [2.45, 2.75) is 95.2 Å². The number of rotatable bonds is 6. The van der Waals surface area contributed by atoms with Gasteiger partial charge in [0.2, 0.25) is 5.75 Å². The molecule has 2 aliphatic heterocycles. The van der Waals surface area contributed by atoms with Crippen LogP contribution in [-0.4, -0.2) is 71.4 Å². The van der Waals surface area contributed by atoms with Crippen LogP contribution in [0.15, 0.2) is 4.52 Å². The molecule has 0 saturated carbocycles. The smallest absolute Gasteiger partial charge is 0.263 e. The lowest BCUT2D eigenvalue weighted by Gasteiger charge is -2.39. The van der Waals surface area contributed by atoms with Gasteiger partial charge in [0.25, 0.3) is 12.3 Å². The fraction of sp³-hybridized carbons (Fsp3) is 0.613. The third kappa shape index (κ3) is 4.43. The van der Waals surface area contributed by atoms with Crippen molar-refractivity contribution in [3.63, 3.8) is 0 Å². The van der Waals surface area contributed by atoms with Crippen LogP contribution in [0.25, 0.3) is 11.5 Å². The number of anilines is 2. The molecule has 4 aliphatic rings. The highest BCUT2D eigenvalue weighted by Crippen LogP contribution is 2.55. The summed E-state index contributed by atoms with van der Waals surface area (Å²) in [5.74, 6) is 1.76. The van der Waals surface area contributed by atoms with Crippen LogP contribution < -0.4 is 20.1 Å². The Morgan fingerprint density at radius 1 is 1.20 bits per heavy atom. The number of likely N-dealkylation sites (N-methyl/N-ethyl adjacent to an activating group) is 2. The summed E-state index contributed by atoms with van der Waals surface area (Å²) in [6, 6.07) is 1.40. The van der Waals surface area contributed by atoms with Crippen LogP contribution in [-0.2, 0) is 18.3 Å². The summed E-state index contributed by atoms with van der Waals surface area (Å²) in [6.45, 7) is 4.93. The van der Waals surface area contributed by atoms with Gasteiger partial charge < -0.3 is 24.6 Å². The molecule has 0 radical (unpaired) electrons. The third-order valence-corrected chi connectivity index (χ3v) is 11.1. The summed E-state index contributed by atoms with van der Waals surface area (Å²) in [5.41, 5.74) is 8.69. The summed E-state index contributed by atoms with van der Waals surface area (Å²) in [6.07, 6.45) is 4.27. The van der Waals surface area contributed by atoms with Crippen molar-refractivity contribution in [3.05, 3.63) is 27.3 Å². The normalized spacial score (nSPS) is 25.3. The van der Waals surface area contributed by atoms with E-state index in [1.54, 1.807) is 4.90 Å². The van der Waals surface area contributed by atoms with Crippen LogP contribution in [0.3, 0.4) is 0 Å². The lowest BCUT2D eigenvalue weighted by Crippen LogP contribution is -2.48. The number of fused-ring (bicyclic) bond motifs is 5. The minimum atomic E-state index is -2.62. The molecule has 2 aliphatic carbocycles. The zero-order valence-electron chi connectivity index (χ0n) is 25.2. The number of nitriles is 1. The molecule has 2 N–H and O–H groups in total. The van der Waals surface area contributed by atoms with E-state index in [1.165, 1.54) is 11.3 Å². The largest absolute Gasteiger partial charge is 0.483 e. The Morgan fingerprint density at radius 2 is 2.00 bits per heavy atom. The minimum absolute atomic E-state index is 0.190. The fourth-order valence-corrected chi connectivity index (χ4v) is 9.10. The first-order chi connectivity index (χ1) is 21.3. The number of hydrogen-bond donors (Lipinski definition) is 1. The van der Waals surface area contributed by atoms with E-state index in [0.717, 1.165) is 73.3 Å². The van der Waals surface area contributed by atoms with Crippen molar-refractivity contribution < 1.29 is 22.8 Å². The number of nitrogen functional groups attached to an aromatic ring is 1. The second kappa shape index (κ2) is 11.1. The lowest BCUT2D eigenvalue weighted by molar-refractivity contribution is 0.0721. The molecule has 1 fully saturated rings. The lowest BCUT2D eigenvalue weighted by atomic mass is 9.63. The molecule has 4 atom stereocenters. The van der Waals surface area contributed by atoms with Crippen molar-refractivity contribution in [1.29, 1.82) is 5.26 Å². The van der Waals surface area contributed by atoms with Gasteiger partial charge in [0, 0.05) is 23.0 Å². The second-order valence-corrected chi connectivity index (χ2v) is 13.5. The van der Waals surface area contributed by atoms with E-state index in [1.807, 2.05) is 13.8 Å². The Kier molecular flexibility index (Phi) is 7.40. The van der Waals surface area contributed by atoms with Crippen LogP contribution >= 0.6 is 11.3 Å². The summed E-state index contributed by atoms with van der Waals surface area (Å²) in [7, 11) is 2.08. The average molecular weight is 626 g/mol. The topological polar surface area (TPSA) is 127 Å². The van der Waals surface area contributed by atoms with Crippen LogP contribution in [0.2, 0.25) is 0 Å². The number of likely N-dealkylation sites (tertiary alicyclic amines) is 1. The minimum Gasteiger partial charge on any atom is -0.483 e. The zero-order chi connectivity index (χ0) is 30.7. The van der Waals surface area contributed by atoms with Crippen molar-refractivity contribution in [2.24, 2.45) is 0 Å². The Hall–Kier alpha value is -3.50. The highest BCUT2D eigenvalue weighted by molar-refractivity contribution is 7.16. The Balaban J connectivity index is 1.36. The molecule has 234 valence electrons. The Morgan fingerprint density at radius 3 is 2.70 bits per heavy atom. The molecule has 3 aromatic rings. The van der Waals surface area contributed by atoms with E-state index >= 15 is 0 Å². The second-order valence-electron chi connectivity index (χ2n) is 12.4. The molecule has 1 spiro atoms. The highest BCUT2D eigenvalue weighted by atomic mass is 32.1. The van der Waals surface area contributed by atoms with Gasteiger partial charge >= 0.3 is 0 Å². The number of nitrogens with zero attached hydrogens (tertiary/aromatic N) is 6. The maximum Gasteiger partial charge on any atom is 0.263 e. The molecular weight excluding hydrogens is 588 g/mol. The van der Waals surface area contributed by atoms with E-state index in [9.17, 15) is 14.0 Å². The predicted molar refractivity (Wildman–Crippen MR) is 162 cm³/mol. The maximum absolute atomic E-state index is 14.1. The van der Waals surface area contributed by atoms with E-state index < -0.39 is 17.9 Å². The first-order valence-corrected chi connectivity index (χ1v) is 16.4. The van der Waals surface area contributed by atoms with Gasteiger partial charge in [-0.15, -0.1) is 11.3 Å². The van der Waals surface area contributed by atoms with Gasteiger partial charge in [-0.25, -0.2) is 13.8 Å². The standard InChI is InChI=1S/C31H37F2N7O3S/c1-4-40-20(26(32)33)15-41-24-29(40)36-28(37-30(24)42-16(2)19-9-7-13-39(19)3)23-17-8-5-11-31(25(17)43-38-23)12-6-10-21-22(31)18(14-34)27(35)44-21/h16,19-20,26H,4-13,15,35H2,1-3H3. The van der Waals surface area contributed by atoms with E-state index in [-0.39, 0.29) is 42.0 Å². The monoisotopic (exact) mass is 625 g/mol. The van der Waals surface area contributed by atoms with Gasteiger partial charge in [0.05, 0.1) is 11.0 Å². The molecule has 4 unspecified atom stereocenters. The molecule has 3 aromatic heterocycles. The van der Waals surface area contributed by atoms with Crippen LogP contribution in [0, 0.1) is 11.3 Å². The molecule has 44 heavy (non-hydrogen) atoms. The van der Waals surface area contributed by atoms with E-state index in [2.05, 4.69) is 23.2 Å². The number of hydrogen-bond acceptors (Lipinski definition) is 11. The van der Waals surface area contributed by atoms with Gasteiger partial charge in [-0.1, -0.05) is 5.16 Å². The summed E-state index contributed by atoms with van der Waals surface area (Å²) in [5, 5.41) is 15.1. The number of halogens is 2. The number of nitrogens with two attached hydrogens (primary N) is 1. The van der Waals surface area contributed by atoms with Crippen LogP contribution in [0.5, 0.6) is 11.6 Å². The molecule has 10 nitrogen and oxygen atoms in total. The number of aromatic nitrogens is 3. The van der Waals surface area contributed by atoms with Gasteiger partial charge in [-0.3, -0.25) is 4.90 Å². The zero-order valence-corrected chi connectivity index (χ0v) is 26.1. The van der Waals surface area contributed by atoms with Crippen molar-refractivity contribution in [3.8, 4) is 29.2 Å². The summed E-state index contributed by atoms with van der Waals surface area (Å²) in [4.78, 5) is 14.6. The first-order valence-electron chi connectivity index (χ1n) is 15.5. The molecule has 7 rings (SSSR count). The number of ether oxygens (including phenoxy) is 2. The molecule has 0 aromatic carbocycles. The SMILES string of the molecule is CCN1c2nc(-c3noc4c3CCCC43CCCc4sc(N)c(C#N)c43)nc(OC(C)C3CCCN3C)c2OCC1C(F)F. The first kappa shape index (κ1) is 29.2. The van der Waals surface area contributed by atoms with Gasteiger partial charge in [-0.05, 0) is 84.4 Å². The molecule has 5 heterocycles. The van der Waals surface area contributed by atoms with Crippen LogP contribution in [0.1, 0.15) is 79.7 Å². The molecule has 1 saturated heterocycles. The maximum atomic E-state index is 14.1. The molecule has 0 amide bonds. The van der Waals surface area contributed by atoms with Crippen LogP contribution in [0.4, 0.5) is 19.6 Å². The Labute approximate surface area is 259 Å². The molecule has 13 heteroatoms. The van der Waals surface area contributed by atoms with E-state index in [0.29, 0.717) is 29.2 Å². The highest BCUT2D eigenvalue weighted by Gasteiger charge is 2.49. The number of alkyl halides is 2. The third-order valence-electron chi connectivity index (χ3n) is 10.0. The number of aryl methyl sites for hydroxylation is 1. The van der Waals surface area contributed by atoms with Gasteiger partial charge in [0.1, 0.15) is 29.8 Å². The average Bonchev–Trinajstić information content (AvgIpc) is 3.73. The molecule has 0 bridgehead atoms. The fourth-order valence-electron chi connectivity index (χ4n) is 7.93. The summed E-state index contributed by atoms with van der Waals surface area (Å²) < 4.78 is 46.9. The van der Waals surface area contributed by atoms with E-state index in [4.69, 9.17) is 29.7 Å². The Bertz CT molecular complexity index is 1620. The predicted octanol–water partition coefficient (Wildman–Crippen LogP) is 5.32. The summed E-state index contributed by atoms with van der Waals surface area (Å²) >= 11 is 1.49. The quantitative estimate of drug-likeness (QED) is 0.385. The molecular formula is C31H37F2N7O3S. The van der Waals surface area contributed by atoms with Gasteiger partial charge in [0.15, 0.2) is 23.1 Å².